The molecule has 0 aliphatic carbocycles. The van der Waals surface area contributed by atoms with Gasteiger partial charge in [-0.3, -0.25) is 4.79 Å². The molecule has 2 aliphatic heterocycles. The number of anilines is 1. The fourth-order valence-electron chi connectivity index (χ4n) is 3.74. The lowest BCUT2D eigenvalue weighted by Crippen LogP contribution is -2.17. The van der Waals surface area contributed by atoms with E-state index in [2.05, 4.69) is 31.3 Å². The van der Waals surface area contributed by atoms with Crippen molar-refractivity contribution in [2.24, 2.45) is 0 Å². The smallest absolute Gasteiger partial charge is 0.228 e. The largest absolute Gasteiger partial charge is 0.493 e. The highest BCUT2D eigenvalue weighted by molar-refractivity contribution is 5.94. The molecule has 0 aromatic heterocycles. The molecule has 1 N–H and O–H groups in total. The lowest BCUT2D eigenvalue weighted by molar-refractivity contribution is -0.115. The summed E-state index contributed by atoms with van der Waals surface area (Å²) in [6.45, 7) is 5.63. The molecule has 0 spiro atoms. The van der Waals surface area contributed by atoms with Crippen LogP contribution in [-0.4, -0.2) is 19.1 Å². The molecule has 0 unspecified atom stereocenters. The Morgan fingerprint density at radius 1 is 1.16 bits per heavy atom. The maximum atomic E-state index is 12.7. The molecule has 2 aromatic carbocycles. The van der Waals surface area contributed by atoms with Crippen molar-refractivity contribution in [2.75, 3.05) is 18.5 Å². The highest BCUT2D eigenvalue weighted by atomic mass is 16.5. The van der Waals surface area contributed by atoms with Crippen molar-refractivity contribution in [2.45, 2.75) is 39.0 Å². The van der Waals surface area contributed by atoms with Crippen molar-refractivity contribution in [3.8, 4) is 11.5 Å². The summed E-state index contributed by atoms with van der Waals surface area (Å²) in [5.74, 6) is 2.18. The fraction of sp³-hybridized carbons (Fsp3) is 0.381. The average Bonchev–Trinajstić information content (AvgIpc) is 3.23. The highest BCUT2D eigenvalue weighted by Crippen LogP contribution is 2.41. The van der Waals surface area contributed by atoms with E-state index in [0.717, 1.165) is 52.3 Å². The van der Waals surface area contributed by atoms with Crippen LogP contribution in [-0.2, 0) is 24.1 Å². The lowest BCUT2D eigenvalue weighted by Gasteiger charge is -2.15. The second-order valence-electron chi connectivity index (χ2n) is 6.98. The number of ether oxygens (including phenoxy) is 2. The predicted molar refractivity (Wildman–Crippen MR) is 97.7 cm³/mol. The van der Waals surface area contributed by atoms with Gasteiger partial charge in [-0.2, -0.15) is 0 Å². The van der Waals surface area contributed by atoms with E-state index < -0.39 is 0 Å². The molecule has 25 heavy (non-hydrogen) atoms. The van der Waals surface area contributed by atoms with Gasteiger partial charge in [0.05, 0.1) is 19.6 Å². The molecule has 130 valence electrons. The van der Waals surface area contributed by atoms with Gasteiger partial charge in [0, 0.05) is 35.2 Å². The van der Waals surface area contributed by atoms with Crippen molar-refractivity contribution >= 4 is 11.6 Å². The van der Waals surface area contributed by atoms with E-state index in [-0.39, 0.29) is 5.91 Å². The summed E-state index contributed by atoms with van der Waals surface area (Å²) in [7, 11) is 0. The first kappa shape index (κ1) is 16.0. The van der Waals surface area contributed by atoms with Crippen molar-refractivity contribution in [1.29, 1.82) is 0 Å². The summed E-state index contributed by atoms with van der Waals surface area (Å²) in [6.07, 6.45) is 2.05. The van der Waals surface area contributed by atoms with E-state index in [4.69, 9.17) is 9.47 Å². The van der Waals surface area contributed by atoms with Gasteiger partial charge < -0.3 is 14.8 Å². The third kappa shape index (κ3) is 2.97. The third-order valence-electron chi connectivity index (χ3n) is 4.95. The number of para-hydroxylation sites is 1. The molecule has 1 amide bonds. The van der Waals surface area contributed by atoms with E-state index >= 15 is 0 Å². The minimum Gasteiger partial charge on any atom is -0.493 e. The molecule has 0 radical (unpaired) electrons. The van der Waals surface area contributed by atoms with Crippen LogP contribution in [0.3, 0.4) is 0 Å². The first-order valence-electron chi connectivity index (χ1n) is 8.95. The fourth-order valence-corrected chi connectivity index (χ4v) is 3.74. The zero-order valence-electron chi connectivity index (χ0n) is 14.7. The Kier molecular flexibility index (Phi) is 4.12. The van der Waals surface area contributed by atoms with Crippen molar-refractivity contribution < 1.29 is 14.3 Å². The topological polar surface area (TPSA) is 47.6 Å². The lowest BCUT2D eigenvalue weighted by atomic mass is 9.96. The van der Waals surface area contributed by atoms with E-state index in [1.54, 1.807) is 0 Å². The Morgan fingerprint density at radius 3 is 2.80 bits per heavy atom. The molecule has 2 aliphatic rings. The molecule has 0 fully saturated rings. The van der Waals surface area contributed by atoms with Crippen LogP contribution < -0.4 is 14.8 Å². The Labute approximate surface area is 148 Å². The Hall–Kier alpha value is -2.49. The van der Waals surface area contributed by atoms with Gasteiger partial charge in [-0.25, -0.2) is 0 Å². The molecule has 2 aromatic rings. The predicted octanol–water partition coefficient (Wildman–Crippen LogP) is 3.86. The second kappa shape index (κ2) is 6.43. The average molecular weight is 337 g/mol. The van der Waals surface area contributed by atoms with Crippen LogP contribution in [0, 0.1) is 0 Å². The number of nitrogens with one attached hydrogen (secondary N) is 1. The van der Waals surface area contributed by atoms with Gasteiger partial charge in [-0.15, -0.1) is 0 Å². The number of hydrogen-bond acceptors (Lipinski definition) is 3. The van der Waals surface area contributed by atoms with Gasteiger partial charge in [0.1, 0.15) is 11.5 Å². The number of carbonyl (C=O) groups is 1. The summed E-state index contributed by atoms with van der Waals surface area (Å²) < 4.78 is 11.6. The molecule has 0 atom stereocenters. The van der Waals surface area contributed by atoms with Crippen LogP contribution in [0.1, 0.15) is 42.0 Å². The van der Waals surface area contributed by atoms with Crippen molar-refractivity contribution in [3.63, 3.8) is 0 Å². The molecular formula is C21H23NO3. The van der Waals surface area contributed by atoms with Crippen LogP contribution >= 0.6 is 0 Å². The van der Waals surface area contributed by atoms with E-state index in [1.165, 1.54) is 0 Å². The second-order valence-corrected chi connectivity index (χ2v) is 6.98. The summed E-state index contributed by atoms with van der Waals surface area (Å²) in [4.78, 5) is 12.7. The molecule has 4 nitrogen and oxygen atoms in total. The molecule has 0 saturated carbocycles. The molecular weight excluding hydrogens is 314 g/mol. The third-order valence-corrected chi connectivity index (χ3v) is 4.95. The number of carbonyl (C=O) groups excluding carboxylic acids is 1. The van der Waals surface area contributed by atoms with Gasteiger partial charge in [0.2, 0.25) is 5.91 Å². The zero-order valence-corrected chi connectivity index (χ0v) is 14.7. The summed E-state index contributed by atoms with van der Waals surface area (Å²) >= 11 is 0. The quantitative estimate of drug-likeness (QED) is 0.921. The first-order chi connectivity index (χ1) is 12.1. The van der Waals surface area contributed by atoms with Crippen molar-refractivity contribution in [1.82, 2.24) is 0 Å². The van der Waals surface area contributed by atoms with Gasteiger partial charge in [-0.05, 0) is 23.6 Å². The normalized spacial score (nSPS) is 14.7. The minimum absolute atomic E-state index is 0.00824. The van der Waals surface area contributed by atoms with E-state index in [1.807, 2.05) is 18.2 Å². The van der Waals surface area contributed by atoms with Gasteiger partial charge in [0.25, 0.3) is 0 Å². The SMILES string of the molecule is CC(C)c1ccccc1NC(=O)Cc1c2c(cc3c1OCC3)OCC2. The summed E-state index contributed by atoms with van der Waals surface area (Å²) in [5.41, 5.74) is 5.34. The molecule has 4 rings (SSSR count). The molecule has 0 saturated heterocycles. The first-order valence-corrected chi connectivity index (χ1v) is 8.95. The highest BCUT2D eigenvalue weighted by Gasteiger charge is 2.27. The molecule has 2 heterocycles. The maximum absolute atomic E-state index is 12.7. The molecule has 0 bridgehead atoms. The standard InChI is InChI=1S/C21H23NO3/c1-13(2)15-5-3-4-6-18(15)22-20(23)12-17-16-8-10-24-19(16)11-14-7-9-25-21(14)17/h3-6,11,13H,7-10,12H2,1-2H3,(H,22,23). The van der Waals surface area contributed by atoms with Gasteiger partial charge in [-0.1, -0.05) is 32.0 Å². The number of rotatable bonds is 4. The van der Waals surface area contributed by atoms with Crippen LogP contribution in [0.5, 0.6) is 11.5 Å². The van der Waals surface area contributed by atoms with Gasteiger partial charge >= 0.3 is 0 Å². The van der Waals surface area contributed by atoms with Crippen LogP contribution in [0.25, 0.3) is 0 Å². The van der Waals surface area contributed by atoms with Gasteiger partial charge in [0.15, 0.2) is 0 Å². The summed E-state index contributed by atoms with van der Waals surface area (Å²) in [6, 6.07) is 10.1. The zero-order chi connectivity index (χ0) is 17.4. The Morgan fingerprint density at radius 2 is 1.96 bits per heavy atom. The Balaban J connectivity index is 1.61. The van der Waals surface area contributed by atoms with Crippen LogP contribution in [0.15, 0.2) is 30.3 Å². The number of benzene rings is 2. The summed E-state index contributed by atoms with van der Waals surface area (Å²) in [5, 5.41) is 3.09. The monoisotopic (exact) mass is 337 g/mol. The maximum Gasteiger partial charge on any atom is 0.228 e. The van der Waals surface area contributed by atoms with Crippen LogP contribution in [0.4, 0.5) is 5.69 Å². The number of amides is 1. The van der Waals surface area contributed by atoms with Crippen LogP contribution in [0.2, 0.25) is 0 Å². The van der Waals surface area contributed by atoms with E-state index in [0.29, 0.717) is 25.6 Å². The number of fused-ring (bicyclic) bond motifs is 2. The molecule has 4 heteroatoms. The Bertz CT molecular complexity index is 794. The minimum atomic E-state index is -0.00824. The number of hydrogen-bond donors (Lipinski definition) is 1. The van der Waals surface area contributed by atoms with E-state index in [9.17, 15) is 4.79 Å². The van der Waals surface area contributed by atoms with Crippen molar-refractivity contribution in [3.05, 3.63) is 52.6 Å².